The molecule has 0 unspecified atom stereocenters. The van der Waals surface area contributed by atoms with Crippen molar-refractivity contribution in [3.63, 3.8) is 0 Å². The van der Waals surface area contributed by atoms with E-state index in [1.54, 1.807) is 18.6 Å². The minimum Gasteiger partial charge on any atom is -0.484 e. The van der Waals surface area contributed by atoms with E-state index in [1.165, 1.54) is 0 Å². The van der Waals surface area contributed by atoms with Gasteiger partial charge in [0.15, 0.2) is 5.75 Å². The Kier molecular flexibility index (Phi) is 3.53. The van der Waals surface area contributed by atoms with Crippen LogP contribution in [0.3, 0.4) is 0 Å². The molecule has 1 aliphatic heterocycles. The minimum atomic E-state index is -0.203. The Hall–Kier alpha value is -3.80. The summed E-state index contributed by atoms with van der Waals surface area (Å²) in [6.45, 7) is 0.445. The second-order valence-corrected chi connectivity index (χ2v) is 6.29. The van der Waals surface area contributed by atoms with Crippen molar-refractivity contribution >= 4 is 11.6 Å². The third-order valence-corrected chi connectivity index (χ3v) is 4.60. The van der Waals surface area contributed by atoms with Gasteiger partial charge in [0.05, 0.1) is 23.3 Å². The monoisotopic (exact) mass is 356 g/mol. The summed E-state index contributed by atoms with van der Waals surface area (Å²) >= 11 is 0. The van der Waals surface area contributed by atoms with Crippen molar-refractivity contribution < 1.29 is 9.53 Å². The van der Waals surface area contributed by atoms with Gasteiger partial charge in [-0.25, -0.2) is 4.98 Å². The van der Waals surface area contributed by atoms with Gasteiger partial charge in [-0.2, -0.15) is 0 Å². The number of carbonyl (C=O) groups excluding carboxylic acids is 1. The molecule has 4 aromatic rings. The summed E-state index contributed by atoms with van der Waals surface area (Å²) < 4.78 is 9.82. The van der Waals surface area contributed by atoms with Crippen LogP contribution in [0.5, 0.6) is 5.75 Å². The molecule has 0 bridgehead atoms. The van der Waals surface area contributed by atoms with E-state index in [0.717, 1.165) is 17.1 Å². The zero-order chi connectivity index (χ0) is 18.2. The number of imidazole rings is 1. The Morgan fingerprint density at radius 2 is 2.00 bits per heavy atom. The predicted octanol–water partition coefficient (Wildman–Crippen LogP) is 3.81. The van der Waals surface area contributed by atoms with E-state index >= 15 is 0 Å². The van der Waals surface area contributed by atoms with E-state index in [1.807, 2.05) is 65.5 Å². The maximum atomic E-state index is 12.9. The van der Waals surface area contributed by atoms with Crippen LogP contribution in [-0.2, 0) is 6.61 Å². The first-order chi connectivity index (χ1) is 13.3. The van der Waals surface area contributed by atoms with Crippen LogP contribution in [0.2, 0.25) is 0 Å². The second kappa shape index (κ2) is 6.17. The maximum absolute atomic E-state index is 12.9. The quantitative estimate of drug-likeness (QED) is 0.607. The molecular formula is C21H16N4O2. The average Bonchev–Trinajstić information content (AvgIpc) is 3.39. The molecule has 1 N–H and O–H groups in total. The summed E-state index contributed by atoms with van der Waals surface area (Å²) in [4.78, 5) is 17.0. The molecule has 2 aromatic heterocycles. The summed E-state index contributed by atoms with van der Waals surface area (Å²) in [5, 5.41) is 2.97. The van der Waals surface area contributed by atoms with Crippen LogP contribution in [-0.4, -0.2) is 20.0 Å². The largest absolute Gasteiger partial charge is 0.484 e. The molecule has 0 spiro atoms. The van der Waals surface area contributed by atoms with Crippen molar-refractivity contribution in [3.05, 3.63) is 90.8 Å². The lowest BCUT2D eigenvalue weighted by atomic mass is 10.1. The van der Waals surface area contributed by atoms with Crippen LogP contribution in [0, 0.1) is 0 Å². The van der Waals surface area contributed by atoms with E-state index in [-0.39, 0.29) is 5.91 Å². The number of hydrogen-bond acceptors (Lipinski definition) is 3. The topological polar surface area (TPSA) is 61.1 Å². The van der Waals surface area contributed by atoms with Crippen molar-refractivity contribution in [2.24, 2.45) is 0 Å². The molecule has 6 heteroatoms. The molecule has 1 aliphatic rings. The first kappa shape index (κ1) is 15.5. The Morgan fingerprint density at radius 1 is 1.07 bits per heavy atom. The highest BCUT2D eigenvalue weighted by Gasteiger charge is 2.22. The zero-order valence-corrected chi connectivity index (χ0v) is 14.4. The molecule has 5 rings (SSSR count). The van der Waals surface area contributed by atoms with Crippen molar-refractivity contribution in [2.45, 2.75) is 6.61 Å². The minimum absolute atomic E-state index is 0.203. The summed E-state index contributed by atoms with van der Waals surface area (Å²) in [5.74, 6) is 0.398. The normalized spacial score (nSPS) is 12.0. The van der Waals surface area contributed by atoms with Gasteiger partial charge in [0.25, 0.3) is 5.91 Å². The van der Waals surface area contributed by atoms with Crippen LogP contribution >= 0.6 is 0 Å². The number of carbonyl (C=O) groups is 1. The lowest BCUT2D eigenvalue weighted by Crippen LogP contribution is -2.18. The molecule has 132 valence electrons. The van der Waals surface area contributed by atoms with Crippen LogP contribution in [0.25, 0.3) is 11.4 Å². The number of fused-ring (bicyclic) bond motifs is 3. The molecular weight excluding hydrogens is 340 g/mol. The van der Waals surface area contributed by atoms with Crippen LogP contribution < -0.4 is 10.1 Å². The van der Waals surface area contributed by atoms with Gasteiger partial charge in [-0.3, -0.25) is 4.79 Å². The molecule has 3 heterocycles. The Labute approximate surface area is 155 Å². The molecule has 0 saturated heterocycles. The molecule has 0 aliphatic carbocycles. The van der Waals surface area contributed by atoms with Crippen molar-refractivity contribution in [3.8, 4) is 17.1 Å². The van der Waals surface area contributed by atoms with Crippen molar-refractivity contribution in [1.82, 2.24) is 14.1 Å². The van der Waals surface area contributed by atoms with Crippen molar-refractivity contribution in [2.75, 3.05) is 5.32 Å². The van der Waals surface area contributed by atoms with Gasteiger partial charge in [-0.15, -0.1) is 0 Å². The highest BCUT2D eigenvalue weighted by molar-refractivity contribution is 6.07. The fraction of sp³-hybridized carbons (Fsp3) is 0.0476. The Bertz CT molecular complexity index is 1130. The number of anilines is 1. The number of nitrogens with zero attached hydrogens (tertiary/aromatic N) is 3. The number of para-hydroxylation sites is 1. The summed E-state index contributed by atoms with van der Waals surface area (Å²) in [7, 11) is 0. The van der Waals surface area contributed by atoms with E-state index in [9.17, 15) is 4.79 Å². The maximum Gasteiger partial charge on any atom is 0.259 e. The zero-order valence-electron chi connectivity index (χ0n) is 14.4. The van der Waals surface area contributed by atoms with Gasteiger partial charge >= 0.3 is 0 Å². The third kappa shape index (κ3) is 2.67. The predicted molar refractivity (Wildman–Crippen MR) is 102 cm³/mol. The fourth-order valence-corrected chi connectivity index (χ4v) is 3.31. The van der Waals surface area contributed by atoms with Crippen LogP contribution in [0.15, 0.2) is 79.5 Å². The number of hydrogen-bond donors (Lipinski definition) is 1. The molecule has 0 fully saturated rings. The standard InChI is InChI=1S/C21H16N4O2/c26-21(23-15-4-1-5-16(12-15)24-11-9-22-14-24)18-7-2-8-19-20(18)27-13-17-6-3-10-25(17)19/h1-12,14H,13H2,(H,23,26). The number of benzene rings is 2. The molecule has 2 aromatic carbocycles. The number of ether oxygens (including phenoxy) is 1. The number of rotatable bonds is 3. The van der Waals surface area contributed by atoms with Gasteiger partial charge in [0, 0.05) is 30.0 Å². The van der Waals surface area contributed by atoms with Gasteiger partial charge in [-0.05, 0) is 42.5 Å². The Balaban J connectivity index is 1.47. The van der Waals surface area contributed by atoms with E-state index in [0.29, 0.717) is 23.6 Å². The van der Waals surface area contributed by atoms with Crippen LogP contribution in [0.4, 0.5) is 5.69 Å². The van der Waals surface area contributed by atoms with E-state index in [4.69, 9.17) is 4.74 Å². The first-order valence-electron chi connectivity index (χ1n) is 8.62. The van der Waals surface area contributed by atoms with Crippen LogP contribution in [0.1, 0.15) is 16.1 Å². The van der Waals surface area contributed by atoms with Gasteiger partial charge in [-0.1, -0.05) is 12.1 Å². The van der Waals surface area contributed by atoms with Crippen molar-refractivity contribution in [1.29, 1.82) is 0 Å². The van der Waals surface area contributed by atoms with E-state index < -0.39 is 0 Å². The Morgan fingerprint density at radius 3 is 2.89 bits per heavy atom. The molecule has 27 heavy (non-hydrogen) atoms. The third-order valence-electron chi connectivity index (χ3n) is 4.60. The molecule has 0 saturated carbocycles. The molecule has 0 atom stereocenters. The smallest absolute Gasteiger partial charge is 0.259 e. The highest BCUT2D eigenvalue weighted by atomic mass is 16.5. The fourth-order valence-electron chi connectivity index (χ4n) is 3.31. The summed E-state index contributed by atoms with van der Waals surface area (Å²) in [6.07, 6.45) is 7.27. The summed E-state index contributed by atoms with van der Waals surface area (Å²) in [5.41, 5.74) is 4.09. The first-order valence-corrected chi connectivity index (χ1v) is 8.62. The second-order valence-electron chi connectivity index (χ2n) is 6.29. The SMILES string of the molecule is O=C(Nc1cccc(-n2ccnc2)c1)c1cccc2c1OCc1cccn1-2. The van der Waals surface area contributed by atoms with Gasteiger partial charge < -0.3 is 19.2 Å². The number of nitrogens with one attached hydrogen (secondary N) is 1. The summed E-state index contributed by atoms with van der Waals surface area (Å²) in [6, 6.07) is 17.2. The number of aromatic nitrogens is 3. The number of amides is 1. The van der Waals surface area contributed by atoms with Gasteiger partial charge in [0.2, 0.25) is 0 Å². The molecule has 0 radical (unpaired) electrons. The molecule has 6 nitrogen and oxygen atoms in total. The van der Waals surface area contributed by atoms with E-state index in [2.05, 4.69) is 14.9 Å². The lowest BCUT2D eigenvalue weighted by molar-refractivity contribution is 0.102. The molecule has 1 amide bonds. The lowest BCUT2D eigenvalue weighted by Gasteiger charge is -2.22. The van der Waals surface area contributed by atoms with Gasteiger partial charge in [0.1, 0.15) is 6.61 Å². The average molecular weight is 356 g/mol. The highest BCUT2D eigenvalue weighted by Crippen LogP contribution is 2.33.